The summed E-state index contributed by atoms with van der Waals surface area (Å²) in [5.74, 6) is 1.73. The van der Waals surface area contributed by atoms with Crippen LogP contribution in [0.25, 0.3) is 0 Å². The third kappa shape index (κ3) is 3.27. The molecule has 8 nitrogen and oxygen atoms in total. The fourth-order valence-corrected chi connectivity index (χ4v) is 2.81. The third-order valence-corrected chi connectivity index (χ3v) is 4.31. The van der Waals surface area contributed by atoms with Crippen LogP contribution in [-0.2, 0) is 0 Å². The van der Waals surface area contributed by atoms with Gasteiger partial charge in [0.25, 0.3) is 0 Å². The van der Waals surface area contributed by atoms with Crippen LogP contribution >= 0.6 is 0 Å². The lowest BCUT2D eigenvalue weighted by molar-refractivity contribution is -0.383. The Hall–Kier alpha value is -2.77. The van der Waals surface area contributed by atoms with Gasteiger partial charge in [-0.25, -0.2) is 15.0 Å². The van der Waals surface area contributed by atoms with Crippen LogP contribution in [0.5, 0.6) is 0 Å². The SMILES string of the molecule is Cc1cccnc1Nc1ncnc(N2CCC(C)CC2)c1[N+](=O)[O-]. The molecule has 0 bridgehead atoms. The molecule has 3 heterocycles. The summed E-state index contributed by atoms with van der Waals surface area (Å²) in [5, 5.41) is 14.6. The molecule has 0 radical (unpaired) electrons. The second-order valence-corrected chi connectivity index (χ2v) is 6.12. The molecule has 8 heteroatoms. The van der Waals surface area contributed by atoms with Crippen LogP contribution in [0.3, 0.4) is 0 Å². The highest BCUT2D eigenvalue weighted by Crippen LogP contribution is 2.35. The van der Waals surface area contributed by atoms with Gasteiger partial charge in [0.15, 0.2) is 0 Å². The standard InChI is InChI=1S/C16H20N6O2/c1-11-5-8-21(9-6-11)16-13(22(23)24)15(18-10-19-16)20-14-12(2)4-3-7-17-14/h3-4,7,10-11H,5-6,8-9H2,1-2H3,(H,17,18,19,20). The lowest BCUT2D eigenvalue weighted by Gasteiger charge is -2.30. The monoisotopic (exact) mass is 328 g/mol. The smallest absolute Gasteiger partial charge is 0.351 e. The average Bonchev–Trinajstić information content (AvgIpc) is 2.57. The number of nitro groups is 1. The molecule has 0 aromatic carbocycles. The normalized spacial score (nSPS) is 15.3. The van der Waals surface area contributed by atoms with Crippen LogP contribution in [0.1, 0.15) is 25.3 Å². The van der Waals surface area contributed by atoms with Gasteiger partial charge in [0.2, 0.25) is 11.6 Å². The first-order chi connectivity index (χ1) is 11.6. The van der Waals surface area contributed by atoms with Gasteiger partial charge in [-0.2, -0.15) is 0 Å². The number of nitrogens with one attached hydrogen (secondary N) is 1. The molecule has 0 spiro atoms. The van der Waals surface area contributed by atoms with Gasteiger partial charge in [0, 0.05) is 19.3 Å². The molecule has 0 saturated carbocycles. The van der Waals surface area contributed by atoms with Gasteiger partial charge in [-0.05, 0) is 37.3 Å². The number of aromatic nitrogens is 3. The van der Waals surface area contributed by atoms with Crippen LogP contribution in [0.4, 0.5) is 23.1 Å². The summed E-state index contributed by atoms with van der Waals surface area (Å²) < 4.78 is 0. The van der Waals surface area contributed by atoms with Gasteiger partial charge >= 0.3 is 5.69 Å². The molecular weight excluding hydrogens is 308 g/mol. The summed E-state index contributed by atoms with van der Waals surface area (Å²) in [6, 6.07) is 3.70. The van der Waals surface area contributed by atoms with Crippen molar-refractivity contribution in [2.24, 2.45) is 5.92 Å². The average molecular weight is 328 g/mol. The Balaban J connectivity index is 1.97. The number of hydrogen-bond acceptors (Lipinski definition) is 7. The number of rotatable bonds is 4. The highest BCUT2D eigenvalue weighted by molar-refractivity contribution is 5.74. The van der Waals surface area contributed by atoms with E-state index in [9.17, 15) is 10.1 Å². The maximum atomic E-state index is 11.7. The summed E-state index contributed by atoms with van der Waals surface area (Å²) in [6.07, 6.45) is 5.00. The molecule has 3 rings (SSSR count). The van der Waals surface area contributed by atoms with Crippen LogP contribution in [0.2, 0.25) is 0 Å². The second-order valence-electron chi connectivity index (χ2n) is 6.12. The predicted molar refractivity (Wildman–Crippen MR) is 91.6 cm³/mol. The lowest BCUT2D eigenvalue weighted by Crippen LogP contribution is -2.34. The molecule has 2 aromatic rings. The number of hydrogen-bond donors (Lipinski definition) is 1. The number of aryl methyl sites for hydroxylation is 1. The van der Waals surface area contributed by atoms with Gasteiger partial charge < -0.3 is 10.2 Å². The van der Waals surface area contributed by atoms with Gasteiger partial charge in [-0.3, -0.25) is 10.1 Å². The van der Waals surface area contributed by atoms with Gasteiger partial charge in [-0.1, -0.05) is 13.0 Å². The first-order valence-corrected chi connectivity index (χ1v) is 7.99. The topological polar surface area (TPSA) is 97.1 Å². The van der Waals surface area contributed by atoms with Crippen molar-refractivity contribution in [2.75, 3.05) is 23.3 Å². The van der Waals surface area contributed by atoms with Crippen molar-refractivity contribution in [3.8, 4) is 0 Å². The Morgan fingerprint density at radius 2 is 2.00 bits per heavy atom. The molecule has 1 saturated heterocycles. The summed E-state index contributed by atoms with van der Waals surface area (Å²) in [5.41, 5.74) is 0.788. The Morgan fingerprint density at radius 1 is 1.25 bits per heavy atom. The summed E-state index contributed by atoms with van der Waals surface area (Å²) in [4.78, 5) is 25.7. The first-order valence-electron chi connectivity index (χ1n) is 7.99. The van der Waals surface area contributed by atoms with Gasteiger partial charge in [-0.15, -0.1) is 0 Å². The van der Waals surface area contributed by atoms with Gasteiger partial charge in [0.05, 0.1) is 4.92 Å². The zero-order chi connectivity index (χ0) is 17.1. The number of piperidine rings is 1. The van der Waals surface area contributed by atoms with E-state index >= 15 is 0 Å². The zero-order valence-electron chi connectivity index (χ0n) is 13.8. The fraction of sp³-hybridized carbons (Fsp3) is 0.438. The number of nitrogens with zero attached hydrogens (tertiary/aromatic N) is 5. The summed E-state index contributed by atoms with van der Waals surface area (Å²) >= 11 is 0. The van der Waals surface area contributed by atoms with Crippen LogP contribution in [-0.4, -0.2) is 33.0 Å². The van der Waals surface area contributed by atoms with E-state index in [-0.39, 0.29) is 11.5 Å². The van der Waals surface area contributed by atoms with E-state index in [4.69, 9.17) is 0 Å². The molecule has 0 unspecified atom stereocenters. The van der Waals surface area contributed by atoms with E-state index in [2.05, 4.69) is 27.2 Å². The Kier molecular flexibility index (Phi) is 4.54. The minimum absolute atomic E-state index is 0.0999. The minimum atomic E-state index is -0.423. The third-order valence-electron chi connectivity index (χ3n) is 4.31. The van der Waals surface area contributed by atoms with Gasteiger partial charge in [0.1, 0.15) is 12.1 Å². The summed E-state index contributed by atoms with van der Waals surface area (Å²) in [7, 11) is 0. The quantitative estimate of drug-likeness (QED) is 0.680. The van der Waals surface area contributed by atoms with Crippen LogP contribution in [0, 0.1) is 23.0 Å². The molecule has 2 aromatic heterocycles. The Bertz CT molecular complexity index is 743. The largest absolute Gasteiger partial charge is 0.353 e. The molecule has 0 aliphatic carbocycles. The molecule has 1 aliphatic rings. The van der Waals surface area contributed by atoms with E-state index < -0.39 is 4.92 Å². The Labute approximate surface area is 140 Å². The molecule has 126 valence electrons. The zero-order valence-corrected chi connectivity index (χ0v) is 13.8. The first kappa shape index (κ1) is 16.1. The fourth-order valence-electron chi connectivity index (χ4n) is 2.81. The Morgan fingerprint density at radius 3 is 2.67 bits per heavy atom. The van der Waals surface area contributed by atoms with Crippen molar-refractivity contribution in [2.45, 2.75) is 26.7 Å². The molecule has 0 amide bonds. The van der Waals surface area contributed by atoms with E-state index in [1.807, 2.05) is 24.0 Å². The van der Waals surface area contributed by atoms with Crippen LogP contribution in [0.15, 0.2) is 24.7 Å². The lowest BCUT2D eigenvalue weighted by atomic mass is 9.99. The highest BCUT2D eigenvalue weighted by Gasteiger charge is 2.29. The summed E-state index contributed by atoms with van der Waals surface area (Å²) in [6.45, 7) is 5.61. The molecule has 1 aliphatic heterocycles. The van der Waals surface area contributed by atoms with E-state index in [1.165, 1.54) is 6.33 Å². The maximum absolute atomic E-state index is 11.7. The van der Waals surface area contributed by atoms with Crippen molar-refractivity contribution in [3.05, 3.63) is 40.3 Å². The molecule has 24 heavy (non-hydrogen) atoms. The van der Waals surface area contributed by atoms with Crippen molar-refractivity contribution >= 4 is 23.1 Å². The van der Waals surface area contributed by atoms with Crippen LogP contribution < -0.4 is 10.2 Å². The highest BCUT2D eigenvalue weighted by atomic mass is 16.6. The predicted octanol–water partition coefficient (Wildman–Crippen LogP) is 3.07. The minimum Gasteiger partial charge on any atom is -0.351 e. The van der Waals surface area contributed by atoms with E-state index in [0.717, 1.165) is 31.5 Å². The number of anilines is 3. The van der Waals surface area contributed by atoms with Crippen molar-refractivity contribution in [1.29, 1.82) is 0 Å². The molecule has 1 N–H and O–H groups in total. The molecular formula is C16H20N6O2. The molecule has 1 fully saturated rings. The second kappa shape index (κ2) is 6.77. The van der Waals surface area contributed by atoms with Crippen molar-refractivity contribution in [1.82, 2.24) is 15.0 Å². The van der Waals surface area contributed by atoms with Crippen molar-refractivity contribution < 1.29 is 4.92 Å². The van der Waals surface area contributed by atoms with E-state index in [0.29, 0.717) is 17.6 Å². The maximum Gasteiger partial charge on any atom is 0.353 e. The molecule has 0 atom stereocenters. The van der Waals surface area contributed by atoms with E-state index in [1.54, 1.807) is 6.20 Å². The van der Waals surface area contributed by atoms with Crippen molar-refractivity contribution in [3.63, 3.8) is 0 Å². The number of pyridine rings is 1.